The lowest BCUT2D eigenvalue weighted by Gasteiger charge is -2.08. The van der Waals surface area contributed by atoms with E-state index in [0.29, 0.717) is 25.3 Å². The van der Waals surface area contributed by atoms with Crippen LogP contribution in [0.5, 0.6) is 0 Å². The van der Waals surface area contributed by atoms with Crippen molar-refractivity contribution >= 4 is 15.9 Å². The summed E-state index contributed by atoms with van der Waals surface area (Å²) in [7, 11) is -3.80. The Balaban J connectivity index is 2.30. The van der Waals surface area contributed by atoms with Gasteiger partial charge in [0.15, 0.2) is 0 Å². The van der Waals surface area contributed by atoms with Crippen LogP contribution in [0.1, 0.15) is 26.0 Å². The molecular weight excluding hydrogens is 270 g/mol. The number of carbonyl (C=O) groups excluding carboxylic acids is 1. The molecule has 1 aromatic rings. The molecule has 0 aliphatic carbocycles. The van der Waals surface area contributed by atoms with Gasteiger partial charge in [0.25, 0.3) is 10.0 Å². The van der Waals surface area contributed by atoms with Crippen LogP contribution in [-0.4, -0.2) is 26.9 Å². The van der Waals surface area contributed by atoms with E-state index in [-0.39, 0.29) is 17.0 Å². The molecule has 0 unspecified atom stereocenters. The van der Waals surface area contributed by atoms with Crippen molar-refractivity contribution in [2.45, 2.75) is 37.9 Å². The summed E-state index contributed by atoms with van der Waals surface area (Å²) in [5.74, 6) is 0.417. The van der Waals surface area contributed by atoms with Crippen LogP contribution in [0.25, 0.3) is 0 Å². The van der Waals surface area contributed by atoms with E-state index >= 15 is 0 Å². The molecule has 0 atom stereocenters. The zero-order chi connectivity index (χ0) is 14.5. The minimum atomic E-state index is -3.80. The molecule has 0 bridgehead atoms. The number of amides is 1. The standard InChI is InChI=1S/C11H19N3O4S/c1-8(2)14-10(15)5-6-13-7-9-3-4-11(18-9)19(12,16)17/h3-4,8,13H,5-7H2,1-2H3,(H,14,15)(H2,12,16,17). The molecule has 0 aliphatic heterocycles. The van der Waals surface area contributed by atoms with Crippen molar-refractivity contribution in [3.63, 3.8) is 0 Å². The zero-order valence-electron chi connectivity index (χ0n) is 11.0. The minimum Gasteiger partial charge on any atom is -0.447 e. The topological polar surface area (TPSA) is 114 Å². The SMILES string of the molecule is CC(C)NC(=O)CCNCc1ccc(S(N)(=O)=O)o1. The molecule has 0 aliphatic rings. The Hall–Kier alpha value is -1.38. The van der Waals surface area contributed by atoms with Crippen LogP contribution in [0.2, 0.25) is 0 Å². The highest BCUT2D eigenvalue weighted by Crippen LogP contribution is 2.11. The van der Waals surface area contributed by atoms with Crippen LogP contribution in [0.15, 0.2) is 21.6 Å². The number of hydrogen-bond acceptors (Lipinski definition) is 5. The van der Waals surface area contributed by atoms with E-state index in [1.165, 1.54) is 12.1 Å². The van der Waals surface area contributed by atoms with Gasteiger partial charge in [-0.3, -0.25) is 4.79 Å². The second kappa shape index (κ2) is 6.69. The molecule has 0 saturated heterocycles. The fourth-order valence-electron chi connectivity index (χ4n) is 1.41. The first-order chi connectivity index (χ1) is 8.79. The number of nitrogens with one attached hydrogen (secondary N) is 2. The Morgan fingerprint density at radius 1 is 1.42 bits per heavy atom. The molecule has 4 N–H and O–H groups in total. The maximum absolute atomic E-state index is 11.3. The molecular formula is C11H19N3O4S. The highest BCUT2D eigenvalue weighted by molar-refractivity contribution is 7.89. The van der Waals surface area contributed by atoms with Gasteiger partial charge >= 0.3 is 0 Å². The van der Waals surface area contributed by atoms with Crippen LogP contribution in [-0.2, 0) is 21.4 Å². The summed E-state index contributed by atoms with van der Waals surface area (Å²) in [6, 6.07) is 2.95. The Morgan fingerprint density at radius 2 is 2.11 bits per heavy atom. The lowest BCUT2D eigenvalue weighted by molar-refractivity contribution is -0.121. The Bertz CT molecular complexity index is 522. The summed E-state index contributed by atoms with van der Waals surface area (Å²) in [5.41, 5.74) is 0. The first kappa shape index (κ1) is 15.7. The van der Waals surface area contributed by atoms with E-state index in [2.05, 4.69) is 10.6 Å². The first-order valence-electron chi connectivity index (χ1n) is 5.90. The summed E-state index contributed by atoms with van der Waals surface area (Å²) in [6.45, 7) is 4.60. The zero-order valence-corrected chi connectivity index (χ0v) is 11.8. The van der Waals surface area contributed by atoms with E-state index in [0.717, 1.165) is 0 Å². The fraction of sp³-hybridized carbons (Fsp3) is 0.545. The van der Waals surface area contributed by atoms with Crippen molar-refractivity contribution in [2.75, 3.05) is 6.54 Å². The lowest BCUT2D eigenvalue weighted by atomic mass is 10.3. The molecule has 0 aromatic carbocycles. The third-order valence-electron chi connectivity index (χ3n) is 2.20. The van der Waals surface area contributed by atoms with Gasteiger partial charge in [-0.25, -0.2) is 13.6 Å². The second-order valence-electron chi connectivity index (χ2n) is 4.41. The lowest BCUT2D eigenvalue weighted by Crippen LogP contribution is -2.32. The number of sulfonamides is 1. The van der Waals surface area contributed by atoms with Crippen molar-refractivity contribution in [1.82, 2.24) is 10.6 Å². The average molecular weight is 289 g/mol. The van der Waals surface area contributed by atoms with E-state index in [9.17, 15) is 13.2 Å². The van der Waals surface area contributed by atoms with Gasteiger partial charge in [0.05, 0.1) is 6.54 Å². The van der Waals surface area contributed by atoms with E-state index in [1.807, 2.05) is 13.8 Å². The monoisotopic (exact) mass is 289 g/mol. The largest absolute Gasteiger partial charge is 0.447 e. The molecule has 1 aromatic heterocycles. The molecule has 1 heterocycles. The second-order valence-corrected chi connectivity index (χ2v) is 5.91. The van der Waals surface area contributed by atoms with Gasteiger partial charge in [-0.05, 0) is 26.0 Å². The number of primary sulfonamides is 1. The Labute approximate surface area is 112 Å². The number of carbonyl (C=O) groups is 1. The molecule has 1 amide bonds. The quantitative estimate of drug-likeness (QED) is 0.608. The van der Waals surface area contributed by atoms with Gasteiger partial charge in [-0.1, -0.05) is 0 Å². The van der Waals surface area contributed by atoms with Gasteiger partial charge in [0.1, 0.15) is 5.76 Å². The minimum absolute atomic E-state index is 0.0350. The van der Waals surface area contributed by atoms with E-state index in [1.54, 1.807) is 0 Å². The van der Waals surface area contributed by atoms with Gasteiger partial charge in [0.2, 0.25) is 11.0 Å². The van der Waals surface area contributed by atoms with E-state index < -0.39 is 10.0 Å². The summed E-state index contributed by atoms with van der Waals surface area (Å²) in [4.78, 5) is 11.3. The Morgan fingerprint density at radius 3 is 2.63 bits per heavy atom. The maximum atomic E-state index is 11.3. The van der Waals surface area contributed by atoms with Crippen molar-refractivity contribution in [3.05, 3.63) is 17.9 Å². The van der Waals surface area contributed by atoms with Gasteiger partial charge in [-0.15, -0.1) is 0 Å². The van der Waals surface area contributed by atoms with Gasteiger partial charge < -0.3 is 15.1 Å². The molecule has 108 valence electrons. The molecule has 7 nitrogen and oxygen atoms in total. The summed E-state index contributed by atoms with van der Waals surface area (Å²) < 4.78 is 27.0. The smallest absolute Gasteiger partial charge is 0.271 e. The fourth-order valence-corrected chi connectivity index (χ4v) is 1.89. The van der Waals surface area contributed by atoms with Gasteiger partial charge in [-0.2, -0.15) is 0 Å². The van der Waals surface area contributed by atoms with Crippen LogP contribution in [0, 0.1) is 0 Å². The summed E-state index contributed by atoms with van der Waals surface area (Å²) in [5, 5.41) is 10.4. The molecule has 0 radical (unpaired) electrons. The van der Waals surface area contributed by atoms with Crippen molar-refractivity contribution in [2.24, 2.45) is 5.14 Å². The van der Waals surface area contributed by atoms with Crippen molar-refractivity contribution in [3.8, 4) is 0 Å². The highest BCUT2D eigenvalue weighted by atomic mass is 32.2. The van der Waals surface area contributed by atoms with Crippen LogP contribution in [0.4, 0.5) is 0 Å². The normalized spacial score (nSPS) is 11.8. The highest BCUT2D eigenvalue weighted by Gasteiger charge is 2.12. The maximum Gasteiger partial charge on any atom is 0.271 e. The van der Waals surface area contributed by atoms with Gasteiger partial charge in [0, 0.05) is 19.0 Å². The summed E-state index contributed by atoms with van der Waals surface area (Å²) >= 11 is 0. The predicted molar refractivity (Wildman–Crippen MR) is 69.7 cm³/mol. The number of nitrogens with two attached hydrogens (primary N) is 1. The van der Waals surface area contributed by atoms with Crippen LogP contribution in [0.3, 0.4) is 0 Å². The summed E-state index contributed by atoms with van der Waals surface area (Å²) in [6.07, 6.45) is 0.348. The van der Waals surface area contributed by atoms with Crippen LogP contribution >= 0.6 is 0 Å². The number of hydrogen-bond donors (Lipinski definition) is 3. The number of furan rings is 1. The first-order valence-corrected chi connectivity index (χ1v) is 7.45. The number of rotatable bonds is 7. The third-order valence-corrected chi connectivity index (χ3v) is 2.98. The molecule has 0 saturated carbocycles. The molecule has 19 heavy (non-hydrogen) atoms. The Kier molecular flexibility index (Phi) is 5.52. The molecule has 0 spiro atoms. The molecule has 1 rings (SSSR count). The molecule has 0 fully saturated rings. The van der Waals surface area contributed by atoms with E-state index in [4.69, 9.17) is 9.56 Å². The third kappa shape index (κ3) is 5.86. The molecule has 8 heteroatoms. The van der Waals surface area contributed by atoms with Crippen molar-refractivity contribution in [1.29, 1.82) is 0 Å². The average Bonchev–Trinajstić information content (AvgIpc) is 2.71. The van der Waals surface area contributed by atoms with Crippen molar-refractivity contribution < 1.29 is 17.6 Å². The predicted octanol–water partition coefficient (Wildman–Crippen LogP) is -0.0687. The van der Waals surface area contributed by atoms with Crippen LogP contribution < -0.4 is 15.8 Å².